The molecule has 136 valence electrons. The Balaban J connectivity index is 1.36. The second kappa shape index (κ2) is 8.90. The number of aliphatic imine (C=N–C) groups is 1. The van der Waals surface area contributed by atoms with Gasteiger partial charge < -0.3 is 19.5 Å². The van der Waals surface area contributed by atoms with Crippen LogP contribution in [0.2, 0.25) is 0 Å². The molecule has 1 aromatic heterocycles. The van der Waals surface area contributed by atoms with Crippen LogP contribution in [0.25, 0.3) is 10.9 Å². The van der Waals surface area contributed by atoms with Crippen LogP contribution in [0.4, 0.5) is 0 Å². The molecule has 1 aromatic carbocycles. The van der Waals surface area contributed by atoms with Crippen molar-refractivity contribution >= 4 is 16.9 Å². The standard InChI is InChI=1S/C20H30N4O/c1-21-20(23(2)14-15-25-16-17-8-9-17)22-11-5-12-24-13-10-18-6-3-4-7-19(18)24/h3-4,6-7,10,13,17H,5,8-9,11-12,14-16H2,1-2H3,(H,21,22). The third-order valence-electron chi connectivity index (χ3n) is 4.73. The molecule has 5 heteroatoms. The van der Waals surface area contributed by atoms with E-state index in [0.29, 0.717) is 0 Å². The van der Waals surface area contributed by atoms with Gasteiger partial charge in [-0.25, -0.2) is 0 Å². The highest BCUT2D eigenvalue weighted by molar-refractivity contribution is 5.80. The fourth-order valence-electron chi connectivity index (χ4n) is 3.01. The van der Waals surface area contributed by atoms with Crippen molar-refractivity contribution in [3.05, 3.63) is 36.5 Å². The molecule has 0 amide bonds. The number of nitrogens with zero attached hydrogens (tertiary/aromatic N) is 3. The molecule has 1 fully saturated rings. The van der Waals surface area contributed by atoms with Gasteiger partial charge in [0, 0.05) is 52.1 Å². The van der Waals surface area contributed by atoms with E-state index in [4.69, 9.17) is 4.74 Å². The fourth-order valence-corrected chi connectivity index (χ4v) is 3.01. The Labute approximate surface area is 150 Å². The Kier molecular flexibility index (Phi) is 6.34. The molecule has 2 aromatic rings. The number of rotatable bonds is 9. The molecule has 0 atom stereocenters. The summed E-state index contributed by atoms with van der Waals surface area (Å²) >= 11 is 0. The van der Waals surface area contributed by atoms with Crippen molar-refractivity contribution in [3.8, 4) is 0 Å². The number of hydrogen-bond acceptors (Lipinski definition) is 2. The number of para-hydroxylation sites is 1. The summed E-state index contributed by atoms with van der Waals surface area (Å²) in [6, 6.07) is 10.7. The first kappa shape index (κ1) is 17.8. The van der Waals surface area contributed by atoms with Crippen molar-refractivity contribution < 1.29 is 4.74 Å². The third kappa shape index (κ3) is 5.23. The molecule has 5 nitrogen and oxygen atoms in total. The minimum absolute atomic E-state index is 0.767. The molecule has 1 saturated carbocycles. The number of likely N-dealkylation sites (N-methyl/N-ethyl adjacent to an activating group) is 1. The normalized spacial score (nSPS) is 14.9. The molecule has 0 spiro atoms. The minimum Gasteiger partial charge on any atom is -0.379 e. The summed E-state index contributed by atoms with van der Waals surface area (Å²) < 4.78 is 8.03. The lowest BCUT2D eigenvalue weighted by Gasteiger charge is -2.22. The fraction of sp³-hybridized carbons (Fsp3) is 0.550. The van der Waals surface area contributed by atoms with E-state index in [9.17, 15) is 0 Å². The Morgan fingerprint density at radius 2 is 2.16 bits per heavy atom. The summed E-state index contributed by atoms with van der Waals surface area (Å²) in [6.07, 6.45) is 5.91. The first-order valence-corrected chi connectivity index (χ1v) is 9.31. The second-order valence-corrected chi connectivity index (χ2v) is 6.84. The highest BCUT2D eigenvalue weighted by Gasteiger charge is 2.21. The zero-order valence-electron chi connectivity index (χ0n) is 15.4. The van der Waals surface area contributed by atoms with Crippen LogP contribution in [0.3, 0.4) is 0 Å². The molecule has 1 aliphatic rings. The van der Waals surface area contributed by atoms with Crippen molar-refractivity contribution in [3.63, 3.8) is 0 Å². The number of benzene rings is 1. The van der Waals surface area contributed by atoms with Crippen LogP contribution < -0.4 is 5.32 Å². The molecule has 1 N–H and O–H groups in total. The molecular weight excluding hydrogens is 312 g/mol. The van der Waals surface area contributed by atoms with E-state index in [1.807, 2.05) is 7.05 Å². The van der Waals surface area contributed by atoms with Crippen LogP contribution >= 0.6 is 0 Å². The van der Waals surface area contributed by atoms with Gasteiger partial charge in [-0.2, -0.15) is 0 Å². The lowest BCUT2D eigenvalue weighted by Crippen LogP contribution is -2.41. The number of fused-ring (bicyclic) bond motifs is 1. The molecule has 0 saturated heterocycles. The van der Waals surface area contributed by atoms with Gasteiger partial charge in [-0.1, -0.05) is 18.2 Å². The Hall–Kier alpha value is -2.01. The molecular formula is C20H30N4O. The van der Waals surface area contributed by atoms with Crippen molar-refractivity contribution in [1.29, 1.82) is 0 Å². The van der Waals surface area contributed by atoms with Crippen LogP contribution in [0.1, 0.15) is 19.3 Å². The SMILES string of the molecule is CN=C(NCCCn1ccc2ccccc21)N(C)CCOCC1CC1. The minimum atomic E-state index is 0.767. The van der Waals surface area contributed by atoms with Gasteiger partial charge in [0.15, 0.2) is 5.96 Å². The second-order valence-electron chi connectivity index (χ2n) is 6.84. The summed E-state index contributed by atoms with van der Waals surface area (Å²) in [4.78, 5) is 6.50. The van der Waals surface area contributed by atoms with Gasteiger partial charge in [0.05, 0.1) is 6.61 Å². The summed E-state index contributed by atoms with van der Waals surface area (Å²) in [5.74, 6) is 1.76. The van der Waals surface area contributed by atoms with Gasteiger partial charge in [0.25, 0.3) is 0 Å². The van der Waals surface area contributed by atoms with Crippen LogP contribution in [0, 0.1) is 5.92 Å². The third-order valence-corrected chi connectivity index (χ3v) is 4.73. The zero-order chi connectivity index (χ0) is 17.5. The smallest absolute Gasteiger partial charge is 0.193 e. The van der Waals surface area contributed by atoms with Gasteiger partial charge in [-0.05, 0) is 42.7 Å². The summed E-state index contributed by atoms with van der Waals surface area (Å²) in [5, 5.41) is 4.75. The van der Waals surface area contributed by atoms with Crippen molar-refractivity contribution in [2.75, 3.05) is 40.4 Å². The molecule has 1 heterocycles. The van der Waals surface area contributed by atoms with Crippen LogP contribution in [-0.2, 0) is 11.3 Å². The zero-order valence-corrected chi connectivity index (χ0v) is 15.4. The van der Waals surface area contributed by atoms with E-state index in [2.05, 4.69) is 63.4 Å². The lowest BCUT2D eigenvalue weighted by atomic mass is 10.2. The van der Waals surface area contributed by atoms with Crippen molar-refractivity contribution in [2.24, 2.45) is 10.9 Å². The van der Waals surface area contributed by atoms with Gasteiger partial charge in [0.1, 0.15) is 0 Å². The maximum absolute atomic E-state index is 5.71. The highest BCUT2D eigenvalue weighted by atomic mass is 16.5. The molecule has 25 heavy (non-hydrogen) atoms. The predicted octanol–water partition coefficient (Wildman–Crippen LogP) is 2.97. The number of hydrogen-bond donors (Lipinski definition) is 1. The predicted molar refractivity (Wildman–Crippen MR) is 104 cm³/mol. The van der Waals surface area contributed by atoms with E-state index in [1.165, 1.54) is 23.7 Å². The van der Waals surface area contributed by atoms with Crippen LogP contribution in [0.15, 0.2) is 41.5 Å². The van der Waals surface area contributed by atoms with Gasteiger partial charge in [-0.15, -0.1) is 0 Å². The average Bonchev–Trinajstić information content (AvgIpc) is 3.37. The Morgan fingerprint density at radius 3 is 2.96 bits per heavy atom. The first-order chi connectivity index (χ1) is 12.3. The highest BCUT2D eigenvalue weighted by Crippen LogP contribution is 2.28. The van der Waals surface area contributed by atoms with Crippen molar-refractivity contribution in [1.82, 2.24) is 14.8 Å². The van der Waals surface area contributed by atoms with E-state index in [-0.39, 0.29) is 0 Å². The topological polar surface area (TPSA) is 41.8 Å². The number of ether oxygens (including phenoxy) is 1. The number of aryl methyl sites for hydroxylation is 1. The molecule has 0 aliphatic heterocycles. The summed E-state index contributed by atoms with van der Waals surface area (Å²) in [6.45, 7) is 4.47. The number of aromatic nitrogens is 1. The van der Waals surface area contributed by atoms with Crippen LogP contribution in [-0.4, -0.2) is 55.8 Å². The number of guanidine groups is 1. The van der Waals surface area contributed by atoms with E-state index >= 15 is 0 Å². The summed E-state index contributed by atoms with van der Waals surface area (Å²) in [5.41, 5.74) is 1.30. The van der Waals surface area contributed by atoms with Gasteiger partial charge in [0.2, 0.25) is 0 Å². The molecule has 0 unspecified atom stereocenters. The average molecular weight is 342 g/mol. The quantitative estimate of drug-likeness (QED) is 0.433. The van der Waals surface area contributed by atoms with Crippen LogP contribution in [0.5, 0.6) is 0 Å². The van der Waals surface area contributed by atoms with E-state index in [0.717, 1.165) is 51.1 Å². The molecule has 1 aliphatic carbocycles. The molecule has 3 rings (SSSR count). The largest absolute Gasteiger partial charge is 0.379 e. The Morgan fingerprint density at radius 1 is 1.32 bits per heavy atom. The van der Waals surface area contributed by atoms with Crippen molar-refractivity contribution in [2.45, 2.75) is 25.8 Å². The molecule has 0 bridgehead atoms. The summed E-state index contributed by atoms with van der Waals surface area (Å²) in [7, 11) is 3.90. The van der Waals surface area contributed by atoms with E-state index < -0.39 is 0 Å². The maximum Gasteiger partial charge on any atom is 0.193 e. The van der Waals surface area contributed by atoms with Gasteiger partial charge >= 0.3 is 0 Å². The van der Waals surface area contributed by atoms with Gasteiger partial charge in [-0.3, -0.25) is 4.99 Å². The first-order valence-electron chi connectivity index (χ1n) is 9.31. The van der Waals surface area contributed by atoms with E-state index in [1.54, 1.807) is 0 Å². The monoisotopic (exact) mass is 342 g/mol. The molecule has 0 radical (unpaired) electrons. The Bertz CT molecular complexity index is 690. The number of nitrogens with one attached hydrogen (secondary N) is 1. The lowest BCUT2D eigenvalue weighted by molar-refractivity contribution is 0.115. The maximum atomic E-state index is 5.71.